The molecule has 1 unspecified atom stereocenters. The van der Waals surface area contributed by atoms with Crippen LogP contribution in [0.25, 0.3) is 0 Å². The van der Waals surface area contributed by atoms with E-state index >= 15 is 0 Å². The van der Waals surface area contributed by atoms with E-state index in [0.717, 1.165) is 37.4 Å². The van der Waals surface area contributed by atoms with Crippen molar-refractivity contribution in [3.8, 4) is 5.75 Å². The summed E-state index contributed by atoms with van der Waals surface area (Å²) < 4.78 is 10.9. The lowest BCUT2D eigenvalue weighted by atomic mass is 10.00. The first-order valence-electron chi connectivity index (χ1n) is 7.54. The van der Waals surface area contributed by atoms with Gasteiger partial charge >= 0.3 is 0 Å². The highest BCUT2D eigenvalue weighted by molar-refractivity contribution is 6.00. The molecule has 1 atom stereocenters. The molecule has 114 valence electrons. The smallest absolute Gasteiger partial charge is 0.267 e. The van der Waals surface area contributed by atoms with E-state index in [2.05, 4.69) is 17.4 Å². The minimum atomic E-state index is -0.434. The molecule has 0 bridgehead atoms. The molecule has 2 aliphatic rings. The van der Waals surface area contributed by atoms with Gasteiger partial charge in [-0.1, -0.05) is 0 Å². The fourth-order valence-corrected chi connectivity index (χ4v) is 2.99. The van der Waals surface area contributed by atoms with Crippen molar-refractivity contribution in [2.45, 2.75) is 25.9 Å². The second kappa shape index (κ2) is 6.03. The van der Waals surface area contributed by atoms with Gasteiger partial charge in [0.25, 0.3) is 5.91 Å². The number of benzene rings is 1. The molecule has 2 aliphatic heterocycles. The van der Waals surface area contributed by atoms with Gasteiger partial charge in [-0.05, 0) is 56.1 Å². The van der Waals surface area contributed by atoms with Crippen molar-refractivity contribution in [1.29, 1.82) is 0 Å². The molecular weight excluding hydrogens is 268 g/mol. The third kappa shape index (κ3) is 2.76. The maximum absolute atomic E-state index is 12.4. The molecule has 3 rings (SSSR count). The lowest BCUT2D eigenvalue weighted by Crippen LogP contribution is -2.46. The molecule has 21 heavy (non-hydrogen) atoms. The number of carbonyl (C=O) groups excluding carboxylic acids is 1. The molecular formula is C16H22N2O3. The lowest BCUT2D eigenvalue weighted by molar-refractivity contribution is -0.125. The summed E-state index contributed by atoms with van der Waals surface area (Å²) in [5.74, 6) is 0.824. The zero-order chi connectivity index (χ0) is 14.8. The van der Waals surface area contributed by atoms with Crippen LogP contribution >= 0.6 is 0 Å². The molecule has 5 heteroatoms. The van der Waals surface area contributed by atoms with Gasteiger partial charge in [0.05, 0.1) is 12.3 Å². The Morgan fingerprint density at radius 1 is 1.33 bits per heavy atom. The monoisotopic (exact) mass is 290 g/mol. The SMILES string of the molecule is COCCN1C(=O)C(C)Oc2cc3c(cc21)CCNCC3. The number of rotatable bonds is 3. The fourth-order valence-electron chi connectivity index (χ4n) is 2.99. The van der Waals surface area contributed by atoms with Crippen LogP contribution in [0.5, 0.6) is 5.75 Å². The number of methoxy groups -OCH3 is 1. The van der Waals surface area contributed by atoms with E-state index in [9.17, 15) is 4.79 Å². The number of anilines is 1. The Morgan fingerprint density at radius 2 is 2.05 bits per heavy atom. The van der Waals surface area contributed by atoms with Crippen molar-refractivity contribution in [1.82, 2.24) is 5.32 Å². The third-order valence-electron chi connectivity index (χ3n) is 4.15. The van der Waals surface area contributed by atoms with E-state index in [1.807, 2.05) is 0 Å². The quantitative estimate of drug-likeness (QED) is 0.907. The van der Waals surface area contributed by atoms with Crippen molar-refractivity contribution in [3.63, 3.8) is 0 Å². The summed E-state index contributed by atoms with van der Waals surface area (Å²) in [7, 11) is 1.65. The Morgan fingerprint density at radius 3 is 2.76 bits per heavy atom. The van der Waals surface area contributed by atoms with Crippen molar-refractivity contribution in [3.05, 3.63) is 23.3 Å². The van der Waals surface area contributed by atoms with E-state index in [-0.39, 0.29) is 5.91 Å². The summed E-state index contributed by atoms with van der Waals surface area (Å²) in [5.41, 5.74) is 3.52. The van der Waals surface area contributed by atoms with Gasteiger partial charge in [0.2, 0.25) is 0 Å². The van der Waals surface area contributed by atoms with Crippen LogP contribution < -0.4 is 15.0 Å². The first-order chi connectivity index (χ1) is 10.2. The zero-order valence-corrected chi connectivity index (χ0v) is 12.6. The first kappa shape index (κ1) is 14.4. The number of ether oxygens (including phenoxy) is 2. The number of nitrogens with zero attached hydrogens (tertiary/aromatic N) is 1. The average Bonchev–Trinajstić information content (AvgIpc) is 2.71. The molecule has 0 aliphatic carbocycles. The Labute approximate surface area is 125 Å². The largest absolute Gasteiger partial charge is 0.479 e. The Hall–Kier alpha value is -1.59. The van der Waals surface area contributed by atoms with E-state index in [1.165, 1.54) is 11.1 Å². The van der Waals surface area contributed by atoms with Crippen LogP contribution in [0.3, 0.4) is 0 Å². The molecule has 0 radical (unpaired) electrons. The van der Waals surface area contributed by atoms with E-state index < -0.39 is 6.10 Å². The molecule has 1 amide bonds. The second-order valence-corrected chi connectivity index (χ2v) is 5.58. The molecule has 5 nitrogen and oxygen atoms in total. The van der Waals surface area contributed by atoms with Crippen LogP contribution in [0, 0.1) is 0 Å². The predicted octanol–water partition coefficient (Wildman–Crippen LogP) is 1.14. The van der Waals surface area contributed by atoms with Gasteiger partial charge in [-0.2, -0.15) is 0 Å². The maximum atomic E-state index is 12.4. The summed E-state index contributed by atoms with van der Waals surface area (Å²) in [4.78, 5) is 14.2. The number of nitrogens with one attached hydrogen (secondary N) is 1. The van der Waals surface area contributed by atoms with Crippen LogP contribution in [-0.2, 0) is 22.4 Å². The lowest BCUT2D eigenvalue weighted by Gasteiger charge is -2.33. The van der Waals surface area contributed by atoms with E-state index in [0.29, 0.717) is 13.2 Å². The van der Waals surface area contributed by atoms with Crippen molar-refractivity contribution < 1.29 is 14.3 Å². The fraction of sp³-hybridized carbons (Fsp3) is 0.562. The number of carbonyl (C=O) groups is 1. The highest BCUT2D eigenvalue weighted by Crippen LogP contribution is 2.37. The van der Waals surface area contributed by atoms with Crippen LogP contribution in [0.15, 0.2) is 12.1 Å². The maximum Gasteiger partial charge on any atom is 0.267 e. The van der Waals surface area contributed by atoms with Crippen LogP contribution in [0.2, 0.25) is 0 Å². The third-order valence-corrected chi connectivity index (χ3v) is 4.15. The zero-order valence-electron chi connectivity index (χ0n) is 12.6. The molecule has 0 spiro atoms. The summed E-state index contributed by atoms with van der Waals surface area (Å²) in [6, 6.07) is 4.23. The van der Waals surface area contributed by atoms with Crippen molar-refractivity contribution in [2.75, 3.05) is 38.3 Å². The van der Waals surface area contributed by atoms with Crippen LogP contribution in [-0.4, -0.2) is 45.4 Å². The normalized spacial score (nSPS) is 21.3. The topological polar surface area (TPSA) is 50.8 Å². The number of hydrogen-bond donors (Lipinski definition) is 1. The van der Waals surface area contributed by atoms with Crippen molar-refractivity contribution in [2.24, 2.45) is 0 Å². The summed E-state index contributed by atoms with van der Waals surface area (Å²) in [6.07, 6.45) is 1.56. The molecule has 1 N–H and O–H groups in total. The van der Waals surface area contributed by atoms with E-state index in [1.54, 1.807) is 18.9 Å². The molecule has 0 saturated heterocycles. The van der Waals surface area contributed by atoms with Gasteiger partial charge in [-0.25, -0.2) is 0 Å². The Bertz CT molecular complexity index is 545. The minimum Gasteiger partial charge on any atom is -0.479 e. The van der Waals surface area contributed by atoms with Gasteiger partial charge in [-0.3, -0.25) is 4.79 Å². The average molecular weight is 290 g/mol. The number of amides is 1. The van der Waals surface area contributed by atoms with Gasteiger partial charge < -0.3 is 19.7 Å². The number of fused-ring (bicyclic) bond motifs is 2. The molecule has 0 fully saturated rings. The van der Waals surface area contributed by atoms with Crippen LogP contribution in [0.4, 0.5) is 5.69 Å². The van der Waals surface area contributed by atoms with Gasteiger partial charge in [0.15, 0.2) is 6.10 Å². The van der Waals surface area contributed by atoms with Gasteiger partial charge in [-0.15, -0.1) is 0 Å². The Balaban J connectivity index is 1.99. The molecule has 1 aromatic carbocycles. The predicted molar refractivity (Wildman–Crippen MR) is 81.0 cm³/mol. The number of hydrogen-bond acceptors (Lipinski definition) is 4. The highest BCUT2D eigenvalue weighted by Gasteiger charge is 2.32. The Kier molecular flexibility index (Phi) is 4.12. The second-order valence-electron chi connectivity index (χ2n) is 5.58. The summed E-state index contributed by atoms with van der Waals surface area (Å²) in [6.45, 7) is 4.87. The minimum absolute atomic E-state index is 0.00578. The summed E-state index contributed by atoms with van der Waals surface area (Å²) in [5, 5.41) is 3.41. The molecule has 1 aromatic rings. The first-order valence-corrected chi connectivity index (χ1v) is 7.54. The molecule has 2 heterocycles. The van der Waals surface area contributed by atoms with E-state index in [4.69, 9.17) is 9.47 Å². The summed E-state index contributed by atoms with van der Waals surface area (Å²) >= 11 is 0. The van der Waals surface area contributed by atoms with Crippen LogP contribution in [0.1, 0.15) is 18.1 Å². The standard InChI is InChI=1S/C16H22N2O3/c1-11-16(19)18(7-8-20-2)14-9-12-3-5-17-6-4-13(12)10-15(14)21-11/h9-11,17H,3-8H2,1-2H3. The molecule has 0 aromatic heterocycles. The highest BCUT2D eigenvalue weighted by atomic mass is 16.5. The van der Waals surface area contributed by atoms with Gasteiger partial charge in [0.1, 0.15) is 5.75 Å². The van der Waals surface area contributed by atoms with Gasteiger partial charge in [0, 0.05) is 13.7 Å². The molecule has 0 saturated carbocycles. The van der Waals surface area contributed by atoms with Crippen molar-refractivity contribution >= 4 is 11.6 Å².